The van der Waals surface area contributed by atoms with Crippen LogP contribution in [0.3, 0.4) is 0 Å². The Kier molecular flexibility index (Phi) is 5.22. The van der Waals surface area contributed by atoms with Crippen molar-refractivity contribution in [2.75, 3.05) is 6.54 Å². The van der Waals surface area contributed by atoms with Gasteiger partial charge in [0.1, 0.15) is 0 Å². The molecule has 7 nitrogen and oxygen atoms in total. The molecular formula is C13H18N4O3. The number of aliphatic carboxylic acids is 1. The van der Waals surface area contributed by atoms with Crippen LogP contribution >= 0.6 is 0 Å². The Bertz CT molecular complexity index is 504. The molecule has 1 rings (SSSR count). The first-order valence-corrected chi connectivity index (χ1v) is 6.08. The number of ketones is 1. The van der Waals surface area contributed by atoms with Crippen molar-refractivity contribution in [2.45, 2.75) is 18.4 Å². The summed E-state index contributed by atoms with van der Waals surface area (Å²) in [4.78, 5) is 23.6. The molecule has 0 aliphatic carbocycles. The lowest BCUT2D eigenvalue weighted by molar-refractivity contribution is -0.141. The topological polar surface area (TPSA) is 142 Å². The summed E-state index contributed by atoms with van der Waals surface area (Å²) in [6.45, 7) is 0.281. The summed E-state index contributed by atoms with van der Waals surface area (Å²) in [5, 5.41) is 18.8. The van der Waals surface area contributed by atoms with Crippen molar-refractivity contribution in [1.82, 2.24) is 5.32 Å². The second kappa shape index (κ2) is 6.67. The molecule has 0 heterocycles. The van der Waals surface area contributed by atoms with E-state index in [0.29, 0.717) is 6.42 Å². The largest absolute Gasteiger partial charge is 0.480 e. The minimum absolute atomic E-state index is 0.0453. The Balaban J connectivity index is 2.79. The molecule has 0 bridgehead atoms. The van der Waals surface area contributed by atoms with Crippen molar-refractivity contribution >= 4 is 17.7 Å². The average molecular weight is 278 g/mol. The van der Waals surface area contributed by atoms with Gasteiger partial charge in [-0.05, 0) is 12.8 Å². The van der Waals surface area contributed by atoms with Crippen molar-refractivity contribution in [1.29, 1.82) is 5.41 Å². The lowest BCUT2D eigenvalue weighted by Crippen LogP contribution is -2.55. The number of guanidine groups is 1. The van der Waals surface area contributed by atoms with Crippen LogP contribution in [-0.2, 0) is 4.79 Å². The van der Waals surface area contributed by atoms with Gasteiger partial charge in [-0.25, -0.2) is 4.79 Å². The average Bonchev–Trinajstić information content (AvgIpc) is 2.43. The number of carbonyl (C=O) groups excluding carboxylic acids is 1. The summed E-state index contributed by atoms with van der Waals surface area (Å²) < 4.78 is 0. The van der Waals surface area contributed by atoms with Crippen molar-refractivity contribution in [2.24, 2.45) is 11.5 Å². The first kappa shape index (κ1) is 15.6. The molecule has 0 radical (unpaired) electrons. The van der Waals surface area contributed by atoms with Gasteiger partial charge >= 0.3 is 5.97 Å². The number of hydrogen-bond acceptors (Lipinski definition) is 4. The van der Waals surface area contributed by atoms with Crippen LogP contribution in [0.25, 0.3) is 0 Å². The molecule has 0 saturated heterocycles. The Labute approximate surface area is 116 Å². The second-order valence-electron chi connectivity index (χ2n) is 4.42. The first-order valence-electron chi connectivity index (χ1n) is 6.08. The van der Waals surface area contributed by atoms with Crippen LogP contribution in [0.1, 0.15) is 23.2 Å². The number of carbonyl (C=O) groups is 2. The summed E-state index contributed by atoms with van der Waals surface area (Å²) in [5.74, 6) is -2.21. The Morgan fingerprint density at radius 3 is 2.40 bits per heavy atom. The smallest absolute Gasteiger partial charge is 0.331 e. The van der Waals surface area contributed by atoms with Crippen LogP contribution in [-0.4, -0.2) is 34.9 Å². The highest BCUT2D eigenvalue weighted by molar-refractivity contribution is 6.15. The molecule has 1 aromatic carbocycles. The molecule has 0 amide bonds. The zero-order chi connectivity index (χ0) is 15.2. The highest BCUT2D eigenvalue weighted by atomic mass is 16.4. The molecular weight excluding hydrogens is 260 g/mol. The molecule has 0 saturated carbocycles. The van der Waals surface area contributed by atoms with Crippen LogP contribution in [0.5, 0.6) is 0 Å². The van der Waals surface area contributed by atoms with Crippen LogP contribution in [0.4, 0.5) is 0 Å². The molecule has 1 atom stereocenters. The van der Waals surface area contributed by atoms with Crippen LogP contribution in [0, 0.1) is 5.41 Å². The van der Waals surface area contributed by atoms with E-state index in [9.17, 15) is 14.7 Å². The zero-order valence-electron chi connectivity index (χ0n) is 10.9. The van der Waals surface area contributed by atoms with E-state index in [1.807, 2.05) is 0 Å². The van der Waals surface area contributed by atoms with E-state index in [0.717, 1.165) is 0 Å². The van der Waals surface area contributed by atoms with Gasteiger partial charge in [-0.3, -0.25) is 10.2 Å². The fourth-order valence-corrected chi connectivity index (χ4v) is 1.75. The molecule has 7 heteroatoms. The van der Waals surface area contributed by atoms with E-state index in [-0.39, 0.29) is 24.5 Å². The molecule has 1 aromatic rings. The van der Waals surface area contributed by atoms with E-state index >= 15 is 0 Å². The molecule has 0 aliphatic rings. The SMILES string of the molecule is N=C(N)NCCC[C@](N)(C(=O)O)C(=O)c1ccccc1. The van der Waals surface area contributed by atoms with Crippen LogP contribution < -0.4 is 16.8 Å². The zero-order valence-corrected chi connectivity index (χ0v) is 10.9. The van der Waals surface area contributed by atoms with E-state index in [1.54, 1.807) is 18.2 Å². The number of hydrogen-bond donors (Lipinski definition) is 5. The van der Waals surface area contributed by atoms with E-state index in [4.69, 9.17) is 16.9 Å². The monoisotopic (exact) mass is 278 g/mol. The molecule has 7 N–H and O–H groups in total. The highest BCUT2D eigenvalue weighted by Crippen LogP contribution is 2.17. The van der Waals surface area contributed by atoms with Gasteiger partial charge in [0, 0.05) is 12.1 Å². The molecule has 0 aromatic heterocycles. The van der Waals surface area contributed by atoms with E-state index < -0.39 is 17.3 Å². The maximum absolute atomic E-state index is 12.2. The predicted octanol–water partition coefficient (Wildman–Crippen LogP) is -0.0853. The maximum Gasteiger partial charge on any atom is 0.331 e. The Morgan fingerprint density at radius 1 is 1.30 bits per heavy atom. The summed E-state index contributed by atoms with van der Waals surface area (Å²) >= 11 is 0. The highest BCUT2D eigenvalue weighted by Gasteiger charge is 2.41. The fraction of sp³-hybridized carbons (Fsp3) is 0.308. The van der Waals surface area contributed by atoms with E-state index in [2.05, 4.69) is 5.32 Å². The fourth-order valence-electron chi connectivity index (χ4n) is 1.75. The summed E-state index contributed by atoms with van der Waals surface area (Å²) in [7, 11) is 0. The van der Waals surface area contributed by atoms with Crippen LogP contribution in [0.15, 0.2) is 30.3 Å². The van der Waals surface area contributed by atoms with E-state index in [1.165, 1.54) is 12.1 Å². The third-order valence-electron chi connectivity index (χ3n) is 2.89. The molecule has 0 spiro atoms. The number of rotatable bonds is 7. The standard InChI is InChI=1S/C13H18N4O3/c14-12(15)17-8-4-7-13(16,11(19)20)10(18)9-5-2-1-3-6-9/h1-3,5-6H,4,7-8,16H2,(H,19,20)(H4,14,15,17)/t13-/m1/s1. The number of benzene rings is 1. The van der Waals surface area contributed by atoms with Gasteiger partial charge in [-0.2, -0.15) is 0 Å². The third-order valence-corrected chi connectivity index (χ3v) is 2.89. The van der Waals surface area contributed by atoms with Gasteiger partial charge in [0.15, 0.2) is 17.3 Å². The van der Waals surface area contributed by atoms with Gasteiger partial charge in [-0.1, -0.05) is 30.3 Å². The quantitative estimate of drug-likeness (QED) is 0.155. The van der Waals surface area contributed by atoms with Gasteiger partial charge < -0.3 is 21.9 Å². The van der Waals surface area contributed by atoms with Crippen molar-refractivity contribution in [3.05, 3.63) is 35.9 Å². The number of carboxylic acids is 1. The second-order valence-corrected chi connectivity index (χ2v) is 4.42. The van der Waals surface area contributed by atoms with Gasteiger partial charge in [0.05, 0.1) is 0 Å². The summed E-state index contributed by atoms with van der Waals surface area (Å²) in [6, 6.07) is 8.08. The molecule has 0 unspecified atom stereocenters. The van der Waals surface area contributed by atoms with Gasteiger partial charge in [-0.15, -0.1) is 0 Å². The predicted molar refractivity (Wildman–Crippen MR) is 74.5 cm³/mol. The number of nitrogens with two attached hydrogens (primary N) is 2. The third kappa shape index (κ3) is 3.79. The lowest BCUT2D eigenvalue weighted by atomic mass is 9.86. The van der Waals surface area contributed by atoms with Crippen molar-refractivity contribution in [3.63, 3.8) is 0 Å². The van der Waals surface area contributed by atoms with Gasteiger partial charge in [0.25, 0.3) is 0 Å². The summed E-state index contributed by atoms with van der Waals surface area (Å²) in [6.07, 6.45) is 0.261. The van der Waals surface area contributed by atoms with Crippen molar-refractivity contribution < 1.29 is 14.7 Å². The lowest BCUT2D eigenvalue weighted by Gasteiger charge is -2.23. The number of nitrogens with one attached hydrogen (secondary N) is 2. The Hall–Kier alpha value is -2.41. The first-order chi connectivity index (χ1) is 9.38. The minimum Gasteiger partial charge on any atom is -0.480 e. The molecule has 108 valence electrons. The number of Topliss-reactive ketones (excluding diaryl/α,β-unsaturated/α-hetero) is 1. The maximum atomic E-state index is 12.2. The minimum atomic E-state index is -1.97. The Morgan fingerprint density at radius 2 is 1.90 bits per heavy atom. The normalized spacial score (nSPS) is 13.2. The van der Waals surface area contributed by atoms with Crippen LogP contribution in [0.2, 0.25) is 0 Å². The molecule has 0 aliphatic heterocycles. The summed E-state index contributed by atoms with van der Waals surface area (Å²) in [5.41, 5.74) is 9.17. The molecule has 20 heavy (non-hydrogen) atoms. The number of carboxylic acid groups (broad SMARTS) is 1. The van der Waals surface area contributed by atoms with Gasteiger partial charge in [0.2, 0.25) is 0 Å². The van der Waals surface area contributed by atoms with Crippen molar-refractivity contribution in [3.8, 4) is 0 Å². The molecule has 0 fully saturated rings.